The van der Waals surface area contributed by atoms with Crippen LogP contribution in [0.15, 0.2) is 54.6 Å². The normalized spacial score (nSPS) is 14.7. The molecule has 29 heavy (non-hydrogen) atoms. The van der Waals surface area contributed by atoms with Crippen LogP contribution in [0.2, 0.25) is 0 Å². The zero-order valence-electron chi connectivity index (χ0n) is 16.3. The quantitative estimate of drug-likeness (QED) is 0.524. The number of rotatable bonds is 6. The molecule has 1 fully saturated rings. The lowest BCUT2D eigenvalue weighted by Crippen LogP contribution is -2.38. The molecule has 0 saturated carbocycles. The van der Waals surface area contributed by atoms with Crippen LogP contribution in [-0.4, -0.2) is 36.1 Å². The molecule has 1 saturated heterocycles. The summed E-state index contributed by atoms with van der Waals surface area (Å²) < 4.78 is 10.4. The summed E-state index contributed by atoms with van der Waals surface area (Å²) in [5.74, 6) is 0.559. The van der Waals surface area contributed by atoms with Gasteiger partial charge in [0.2, 0.25) is 0 Å². The number of allylic oxidation sites excluding steroid dienone is 1. The molecule has 1 amide bonds. The Hall–Kier alpha value is -3.35. The van der Waals surface area contributed by atoms with Gasteiger partial charge in [-0.2, -0.15) is 0 Å². The SMILES string of the molecule is COc1ccc(/C=C/C2CCN(C(=O)OCc3ccccc3)CC2)cc1[N+](=O)[O-]. The molecule has 7 heteroatoms. The Morgan fingerprint density at radius 2 is 1.93 bits per heavy atom. The summed E-state index contributed by atoms with van der Waals surface area (Å²) in [6, 6.07) is 14.5. The van der Waals surface area contributed by atoms with Crippen LogP contribution < -0.4 is 4.74 Å². The Kier molecular flexibility index (Phi) is 6.84. The van der Waals surface area contributed by atoms with Crippen LogP contribution >= 0.6 is 0 Å². The summed E-state index contributed by atoms with van der Waals surface area (Å²) in [6.45, 7) is 1.53. The van der Waals surface area contributed by atoms with Gasteiger partial charge in [-0.3, -0.25) is 10.1 Å². The van der Waals surface area contributed by atoms with Gasteiger partial charge in [0.15, 0.2) is 5.75 Å². The number of likely N-dealkylation sites (tertiary alicyclic amines) is 1. The van der Waals surface area contributed by atoms with Crippen LogP contribution in [0.25, 0.3) is 6.08 Å². The first-order chi connectivity index (χ1) is 14.1. The molecule has 0 unspecified atom stereocenters. The molecule has 1 heterocycles. The van der Waals surface area contributed by atoms with Gasteiger partial charge >= 0.3 is 11.8 Å². The molecule has 0 N–H and O–H groups in total. The van der Waals surface area contributed by atoms with Crippen LogP contribution in [0, 0.1) is 16.0 Å². The van der Waals surface area contributed by atoms with Crippen molar-refractivity contribution >= 4 is 17.9 Å². The molecule has 0 atom stereocenters. The van der Waals surface area contributed by atoms with Crippen molar-refractivity contribution in [3.8, 4) is 5.75 Å². The maximum Gasteiger partial charge on any atom is 0.410 e. The Balaban J connectivity index is 1.50. The highest BCUT2D eigenvalue weighted by Gasteiger charge is 2.22. The third-order valence-corrected chi connectivity index (χ3v) is 4.96. The second-order valence-electron chi connectivity index (χ2n) is 6.91. The second-order valence-corrected chi connectivity index (χ2v) is 6.91. The molecule has 0 aliphatic carbocycles. The Bertz CT molecular complexity index is 874. The molecule has 0 radical (unpaired) electrons. The van der Waals surface area contributed by atoms with Gasteiger partial charge in [-0.25, -0.2) is 4.79 Å². The number of hydrogen-bond acceptors (Lipinski definition) is 5. The second kappa shape index (κ2) is 9.73. The number of nitro groups is 1. The zero-order chi connectivity index (χ0) is 20.6. The van der Waals surface area contributed by atoms with E-state index in [0.717, 1.165) is 24.0 Å². The van der Waals surface area contributed by atoms with E-state index in [4.69, 9.17) is 9.47 Å². The van der Waals surface area contributed by atoms with Crippen molar-refractivity contribution in [1.82, 2.24) is 4.90 Å². The first-order valence-electron chi connectivity index (χ1n) is 9.53. The zero-order valence-corrected chi connectivity index (χ0v) is 16.3. The number of nitro benzene ring substituents is 1. The van der Waals surface area contributed by atoms with Gasteiger partial charge < -0.3 is 14.4 Å². The average Bonchev–Trinajstić information content (AvgIpc) is 2.76. The predicted octanol–water partition coefficient (Wildman–Crippen LogP) is 4.67. The minimum Gasteiger partial charge on any atom is -0.490 e. The molecule has 7 nitrogen and oxygen atoms in total. The van der Waals surface area contributed by atoms with Crippen LogP contribution in [-0.2, 0) is 11.3 Å². The fourth-order valence-corrected chi connectivity index (χ4v) is 3.29. The van der Waals surface area contributed by atoms with Crippen molar-refractivity contribution < 1.29 is 19.2 Å². The van der Waals surface area contributed by atoms with Crippen molar-refractivity contribution in [3.63, 3.8) is 0 Å². The Morgan fingerprint density at radius 1 is 1.21 bits per heavy atom. The molecule has 1 aliphatic rings. The average molecular weight is 396 g/mol. The molecule has 0 spiro atoms. The number of hydrogen-bond donors (Lipinski definition) is 0. The van der Waals surface area contributed by atoms with E-state index < -0.39 is 4.92 Å². The fourth-order valence-electron chi connectivity index (χ4n) is 3.29. The summed E-state index contributed by atoms with van der Waals surface area (Å²) >= 11 is 0. The summed E-state index contributed by atoms with van der Waals surface area (Å²) in [7, 11) is 1.41. The molecular weight excluding hydrogens is 372 g/mol. The first-order valence-corrected chi connectivity index (χ1v) is 9.53. The van der Waals surface area contributed by atoms with Gasteiger partial charge in [-0.05, 0) is 36.0 Å². The lowest BCUT2D eigenvalue weighted by Gasteiger charge is -2.30. The van der Waals surface area contributed by atoms with Crippen LogP contribution in [0.1, 0.15) is 24.0 Å². The molecule has 152 valence electrons. The number of benzene rings is 2. The molecule has 2 aromatic carbocycles. The molecule has 3 rings (SSSR count). The summed E-state index contributed by atoms with van der Waals surface area (Å²) in [5, 5.41) is 11.1. The topological polar surface area (TPSA) is 81.9 Å². The van der Waals surface area contributed by atoms with E-state index in [2.05, 4.69) is 6.08 Å². The van der Waals surface area contributed by atoms with Crippen molar-refractivity contribution in [1.29, 1.82) is 0 Å². The number of amides is 1. The van der Waals surface area contributed by atoms with E-state index in [9.17, 15) is 14.9 Å². The molecule has 2 aromatic rings. The van der Waals surface area contributed by atoms with Crippen LogP contribution in [0.3, 0.4) is 0 Å². The fraction of sp³-hybridized carbons (Fsp3) is 0.318. The monoisotopic (exact) mass is 396 g/mol. The highest BCUT2D eigenvalue weighted by molar-refractivity contribution is 5.67. The predicted molar refractivity (Wildman–Crippen MR) is 110 cm³/mol. The van der Waals surface area contributed by atoms with Gasteiger partial charge in [0.1, 0.15) is 6.61 Å². The number of nitrogens with zero attached hydrogens (tertiary/aromatic N) is 2. The van der Waals surface area contributed by atoms with Gasteiger partial charge in [0.05, 0.1) is 12.0 Å². The van der Waals surface area contributed by atoms with Crippen molar-refractivity contribution in [2.24, 2.45) is 5.92 Å². The standard InChI is InChI=1S/C22H24N2O5/c1-28-21-10-9-18(15-20(21)24(26)27)8-7-17-11-13-23(14-12-17)22(25)29-16-19-5-3-2-4-6-19/h2-10,15,17H,11-14,16H2,1H3/b8-7+. The molecule has 0 bridgehead atoms. The first kappa shape index (κ1) is 20.4. The Labute approximate surface area is 169 Å². The van der Waals surface area contributed by atoms with E-state index in [0.29, 0.717) is 19.0 Å². The van der Waals surface area contributed by atoms with E-state index in [1.165, 1.54) is 13.2 Å². The summed E-state index contributed by atoms with van der Waals surface area (Å²) in [6.07, 6.45) is 5.31. The Morgan fingerprint density at radius 3 is 2.59 bits per heavy atom. The minimum absolute atomic E-state index is 0.0503. The summed E-state index contributed by atoms with van der Waals surface area (Å²) in [5.41, 5.74) is 1.67. The van der Waals surface area contributed by atoms with Crippen LogP contribution in [0.4, 0.5) is 10.5 Å². The van der Waals surface area contributed by atoms with Gasteiger partial charge in [-0.15, -0.1) is 0 Å². The largest absolute Gasteiger partial charge is 0.490 e. The number of carbonyl (C=O) groups is 1. The smallest absolute Gasteiger partial charge is 0.410 e. The minimum atomic E-state index is -0.449. The van der Waals surface area contributed by atoms with Gasteiger partial charge in [0, 0.05) is 19.2 Å². The van der Waals surface area contributed by atoms with Crippen molar-refractivity contribution in [3.05, 3.63) is 75.8 Å². The van der Waals surface area contributed by atoms with E-state index in [1.807, 2.05) is 36.4 Å². The molecular formula is C22H24N2O5. The lowest BCUT2D eigenvalue weighted by molar-refractivity contribution is -0.385. The van der Waals surface area contributed by atoms with E-state index in [1.54, 1.807) is 17.0 Å². The van der Waals surface area contributed by atoms with E-state index in [-0.39, 0.29) is 24.1 Å². The molecule has 1 aliphatic heterocycles. The third-order valence-electron chi connectivity index (χ3n) is 4.96. The number of ether oxygens (including phenoxy) is 2. The van der Waals surface area contributed by atoms with Gasteiger partial charge in [0.25, 0.3) is 0 Å². The maximum absolute atomic E-state index is 12.2. The lowest BCUT2D eigenvalue weighted by atomic mass is 9.96. The summed E-state index contributed by atoms with van der Waals surface area (Å²) in [4.78, 5) is 24.6. The third kappa shape index (κ3) is 5.57. The molecule has 0 aromatic heterocycles. The van der Waals surface area contributed by atoms with Crippen molar-refractivity contribution in [2.75, 3.05) is 20.2 Å². The van der Waals surface area contributed by atoms with Crippen molar-refractivity contribution in [2.45, 2.75) is 19.4 Å². The highest BCUT2D eigenvalue weighted by Crippen LogP contribution is 2.28. The van der Waals surface area contributed by atoms with Gasteiger partial charge in [-0.1, -0.05) is 48.6 Å². The number of carbonyl (C=O) groups excluding carboxylic acids is 1. The van der Waals surface area contributed by atoms with E-state index >= 15 is 0 Å². The number of piperidine rings is 1. The highest BCUT2D eigenvalue weighted by atomic mass is 16.6. The van der Waals surface area contributed by atoms with Crippen LogP contribution in [0.5, 0.6) is 5.75 Å². The maximum atomic E-state index is 12.2. The number of methoxy groups -OCH3 is 1.